The molecule has 1 N–H and O–H groups in total. The third-order valence-corrected chi connectivity index (χ3v) is 6.75. The van der Waals surface area contributed by atoms with Crippen molar-refractivity contribution < 1.29 is 15.7 Å². The Balaban J connectivity index is 0.00000259. The molecular weight excluding hydrogens is 398 g/mol. The second-order valence-electron chi connectivity index (χ2n) is 9.11. The summed E-state index contributed by atoms with van der Waals surface area (Å²) in [6.45, 7) is 6.81. The number of ether oxygens (including phenoxy) is 2. The molecule has 0 aromatic heterocycles. The third-order valence-electron chi connectivity index (χ3n) is 6.75. The maximum atomic E-state index is 13.3. The van der Waals surface area contributed by atoms with Crippen LogP contribution in [0.5, 0.6) is 11.5 Å². The molecule has 32 heavy (non-hydrogen) atoms. The summed E-state index contributed by atoms with van der Waals surface area (Å²) < 4.78 is 10.9. The van der Waals surface area contributed by atoms with Gasteiger partial charge in [0.25, 0.3) is 0 Å². The second-order valence-corrected chi connectivity index (χ2v) is 9.11. The summed E-state index contributed by atoms with van der Waals surface area (Å²) in [7, 11) is 0. The Morgan fingerprint density at radius 2 is 1.75 bits per heavy atom. The Morgan fingerprint density at radius 1 is 1.00 bits per heavy atom. The standard InChI is InChI=1S/C28H29NO3.H2/c1-4-19-9-11-23(16-24(19)21-7-5-20(6-8-21)18(2)3)29-27(30)28(13-14-28)22-10-12-25-26(15-22)32-17-31-25;/h5-12,15-16,18H,4,13-14,17H2,1-3H3,(H,29,30);1H. The average Bonchev–Trinajstić information content (AvgIpc) is 3.50. The van der Waals surface area contributed by atoms with Crippen LogP contribution in [0.25, 0.3) is 11.1 Å². The first kappa shape index (κ1) is 20.6. The third kappa shape index (κ3) is 3.64. The molecule has 2 aliphatic rings. The van der Waals surface area contributed by atoms with Crippen LogP contribution in [-0.4, -0.2) is 12.7 Å². The van der Waals surface area contributed by atoms with Gasteiger partial charge in [-0.1, -0.05) is 57.2 Å². The summed E-state index contributed by atoms with van der Waals surface area (Å²) in [5, 5.41) is 3.19. The van der Waals surface area contributed by atoms with Crippen molar-refractivity contribution in [3.8, 4) is 22.6 Å². The van der Waals surface area contributed by atoms with Gasteiger partial charge in [-0.3, -0.25) is 4.79 Å². The van der Waals surface area contributed by atoms with Gasteiger partial charge in [-0.25, -0.2) is 0 Å². The Labute approximate surface area is 191 Å². The van der Waals surface area contributed by atoms with Gasteiger partial charge in [0.2, 0.25) is 12.7 Å². The lowest BCUT2D eigenvalue weighted by Gasteiger charge is -2.18. The smallest absolute Gasteiger partial charge is 0.235 e. The number of rotatable bonds is 6. The van der Waals surface area contributed by atoms with E-state index in [1.165, 1.54) is 22.3 Å². The van der Waals surface area contributed by atoms with E-state index < -0.39 is 5.41 Å². The Kier molecular flexibility index (Phi) is 5.16. The maximum Gasteiger partial charge on any atom is 0.235 e. The molecule has 166 valence electrons. The molecule has 1 heterocycles. The van der Waals surface area contributed by atoms with Gasteiger partial charge in [0, 0.05) is 7.11 Å². The minimum absolute atomic E-state index is 0. The molecule has 0 radical (unpaired) electrons. The number of hydrogen-bond acceptors (Lipinski definition) is 3. The van der Waals surface area contributed by atoms with Gasteiger partial charge >= 0.3 is 0 Å². The summed E-state index contributed by atoms with van der Waals surface area (Å²) in [4.78, 5) is 13.3. The summed E-state index contributed by atoms with van der Waals surface area (Å²) in [6.07, 6.45) is 2.63. The predicted molar refractivity (Wildman–Crippen MR) is 130 cm³/mol. The van der Waals surface area contributed by atoms with Crippen molar-refractivity contribution in [3.63, 3.8) is 0 Å². The minimum atomic E-state index is -0.483. The molecule has 0 spiro atoms. The van der Waals surface area contributed by atoms with Crippen LogP contribution in [0.1, 0.15) is 57.6 Å². The number of benzene rings is 3. The highest BCUT2D eigenvalue weighted by molar-refractivity contribution is 6.02. The van der Waals surface area contributed by atoms with Crippen LogP contribution in [0.4, 0.5) is 5.69 Å². The topological polar surface area (TPSA) is 47.6 Å². The van der Waals surface area contributed by atoms with Crippen molar-refractivity contribution in [2.24, 2.45) is 0 Å². The Hall–Kier alpha value is -3.27. The summed E-state index contributed by atoms with van der Waals surface area (Å²) in [5.74, 6) is 2.02. The van der Waals surface area contributed by atoms with Crippen LogP contribution >= 0.6 is 0 Å². The fourth-order valence-electron chi connectivity index (χ4n) is 4.50. The van der Waals surface area contributed by atoms with Crippen LogP contribution in [0.15, 0.2) is 60.7 Å². The molecule has 0 unspecified atom stereocenters. The number of anilines is 1. The highest BCUT2D eigenvalue weighted by atomic mass is 16.7. The molecule has 0 bridgehead atoms. The molecule has 1 saturated carbocycles. The van der Waals surface area contributed by atoms with Gasteiger partial charge in [-0.2, -0.15) is 0 Å². The van der Waals surface area contributed by atoms with E-state index in [2.05, 4.69) is 62.5 Å². The molecule has 1 fully saturated rings. The molecule has 4 heteroatoms. The van der Waals surface area contributed by atoms with E-state index in [0.717, 1.165) is 42.0 Å². The van der Waals surface area contributed by atoms with Crippen LogP contribution in [0.3, 0.4) is 0 Å². The molecule has 1 aliphatic heterocycles. The summed E-state index contributed by atoms with van der Waals surface area (Å²) in [6, 6.07) is 20.9. The number of amides is 1. The molecule has 3 aromatic rings. The van der Waals surface area contributed by atoms with E-state index in [1.54, 1.807) is 0 Å². The van der Waals surface area contributed by atoms with Crippen LogP contribution in [-0.2, 0) is 16.6 Å². The zero-order chi connectivity index (χ0) is 22.3. The van der Waals surface area contributed by atoms with Gasteiger partial charge in [-0.15, -0.1) is 0 Å². The van der Waals surface area contributed by atoms with Crippen LogP contribution < -0.4 is 14.8 Å². The van der Waals surface area contributed by atoms with Crippen LogP contribution in [0, 0.1) is 0 Å². The zero-order valence-corrected chi connectivity index (χ0v) is 18.9. The fraction of sp³-hybridized carbons (Fsp3) is 0.321. The van der Waals surface area contributed by atoms with Crippen molar-refractivity contribution in [2.75, 3.05) is 12.1 Å². The highest BCUT2D eigenvalue weighted by Crippen LogP contribution is 2.51. The number of nitrogens with one attached hydrogen (secondary N) is 1. The highest BCUT2D eigenvalue weighted by Gasteiger charge is 2.51. The fourth-order valence-corrected chi connectivity index (χ4v) is 4.50. The Morgan fingerprint density at radius 3 is 2.44 bits per heavy atom. The first-order valence-corrected chi connectivity index (χ1v) is 11.4. The number of hydrogen-bond donors (Lipinski definition) is 1. The average molecular weight is 430 g/mol. The molecule has 1 aliphatic carbocycles. The maximum absolute atomic E-state index is 13.3. The second kappa shape index (κ2) is 8.01. The minimum Gasteiger partial charge on any atom is -0.454 e. The van der Waals surface area contributed by atoms with E-state index in [0.29, 0.717) is 5.92 Å². The van der Waals surface area contributed by atoms with Gasteiger partial charge in [0.05, 0.1) is 5.41 Å². The molecule has 0 saturated heterocycles. The van der Waals surface area contributed by atoms with Crippen molar-refractivity contribution >= 4 is 11.6 Å². The number of fused-ring (bicyclic) bond motifs is 1. The number of carbonyl (C=O) groups excluding carboxylic acids is 1. The van der Waals surface area contributed by atoms with E-state index in [-0.39, 0.29) is 14.1 Å². The number of aryl methyl sites for hydroxylation is 1. The molecule has 1 amide bonds. The molecular formula is C28H31NO3. The SMILES string of the molecule is CCc1ccc(NC(=O)C2(c3ccc4c(c3)OCO4)CC2)cc1-c1ccc(C(C)C)cc1.[HH]. The van der Waals surface area contributed by atoms with Gasteiger partial charge in [0.1, 0.15) is 0 Å². The predicted octanol–water partition coefficient (Wildman–Crippen LogP) is 6.68. The largest absolute Gasteiger partial charge is 0.454 e. The molecule has 3 aromatic carbocycles. The van der Waals surface area contributed by atoms with Crippen molar-refractivity contribution in [1.82, 2.24) is 0 Å². The van der Waals surface area contributed by atoms with Crippen molar-refractivity contribution in [1.29, 1.82) is 0 Å². The normalized spacial score (nSPS) is 15.6. The van der Waals surface area contributed by atoms with Crippen molar-refractivity contribution in [3.05, 3.63) is 77.4 Å². The lowest BCUT2D eigenvalue weighted by atomic mass is 9.93. The monoisotopic (exact) mass is 429 g/mol. The van der Waals surface area contributed by atoms with Crippen LogP contribution in [0.2, 0.25) is 0 Å². The van der Waals surface area contributed by atoms with E-state index in [4.69, 9.17) is 9.47 Å². The quantitative estimate of drug-likeness (QED) is 0.475. The van der Waals surface area contributed by atoms with Gasteiger partial charge in [0.15, 0.2) is 11.5 Å². The van der Waals surface area contributed by atoms with Gasteiger partial charge < -0.3 is 14.8 Å². The first-order valence-electron chi connectivity index (χ1n) is 11.4. The summed E-state index contributed by atoms with van der Waals surface area (Å²) >= 11 is 0. The lowest BCUT2D eigenvalue weighted by molar-refractivity contribution is -0.118. The Bertz CT molecular complexity index is 1170. The zero-order valence-electron chi connectivity index (χ0n) is 18.9. The molecule has 5 rings (SSSR count). The van der Waals surface area contributed by atoms with E-state index in [1.807, 2.05) is 24.3 Å². The molecule has 0 atom stereocenters. The van der Waals surface area contributed by atoms with Gasteiger partial charge in [-0.05, 0) is 77.3 Å². The van der Waals surface area contributed by atoms with E-state index >= 15 is 0 Å². The molecule has 4 nitrogen and oxygen atoms in total. The summed E-state index contributed by atoms with van der Waals surface area (Å²) in [5.41, 5.74) is 6.31. The number of carbonyl (C=O) groups is 1. The van der Waals surface area contributed by atoms with Crippen molar-refractivity contribution in [2.45, 2.75) is 51.4 Å². The first-order chi connectivity index (χ1) is 15.5. The lowest BCUT2D eigenvalue weighted by Crippen LogP contribution is -2.27. The van der Waals surface area contributed by atoms with E-state index in [9.17, 15) is 4.79 Å².